The summed E-state index contributed by atoms with van der Waals surface area (Å²) in [5.41, 5.74) is 4.60. The van der Waals surface area contributed by atoms with Crippen molar-refractivity contribution in [3.05, 3.63) is 64.4 Å². The van der Waals surface area contributed by atoms with Gasteiger partial charge in [-0.05, 0) is 37.1 Å². The van der Waals surface area contributed by atoms with Crippen molar-refractivity contribution in [2.75, 3.05) is 0 Å². The standard InChI is InChI=1S/C17H16Cl2N2/c1-12-3-2-4-13(9-12)7-8-21-16-6-5-14(19)10-15(16)20-17(21)11-18/h2-6,9-10H,7-8,11H2,1H3. The lowest BCUT2D eigenvalue weighted by Crippen LogP contribution is -2.05. The maximum absolute atomic E-state index is 6.03. The van der Waals surface area contributed by atoms with E-state index < -0.39 is 0 Å². The van der Waals surface area contributed by atoms with Gasteiger partial charge in [-0.1, -0.05) is 41.4 Å². The summed E-state index contributed by atoms with van der Waals surface area (Å²) < 4.78 is 2.18. The molecule has 21 heavy (non-hydrogen) atoms. The Labute approximate surface area is 134 Å². The predicted molar refractivity (Wildman–Crippen MR) is 89.2 cm³/mol. The zero-order valence-corrected chi connectivity index (χ0v) is 13.3. The van der Waals surface area contributed by atoms with Gasteiger partial charge in [-0.15, -0.1) is 11.6 Å². The van der Waals surface area contributed by atoms with Crippen LogP contribution in [0.2, 0.25) is 5.02 Å². The highest BCUT2D eigenvalue weighted by atomic mass is 35.5. The quantitative estimate of drug-likeness (QED) is 0.620. The maximum atomic E-state index is 6.03. The van der Waals surface area contributed by atoms with Gasteiger partial charge in [-0.2, -0.15) is 0 Å². The average molecular weight is 319 g/mol. The molecule has 0 unspecified atom stereocenters. The predicted octanol–water partition coefficient (Wildman–Crippen LogP) is 4.98. The molecule has 0 fully saturated rings. The molecule has 2 aromatic carbocycles. The second kappa shape index (κ2) is 6.08. The van der Waals surface area contributed by atoms with Crippen LogP contribution in [0.3, 0.4) is 0 Å². The lowest BCUT2D eigenvalue weighted by atomic mass is 10.1. The molecule has 0 bridgehead atoms. The molecule has 4 heteroatoms. The fraction of sp³-hybridized carbons (Fsp3) is 0.235. The van der Waals surface area contributed by atoms with Gasteiger partial charge in [0.2, 0.25) is 0 Å². The first-order valence-electron chi connectivity index (χ1n) is 6.93. The molecule has 0 aliphatic rings. The van der Waals surface area contributed by atoms with E-state index in [0.717, 1.165) is 29.8 Å². The normalized spacial score (nSPS) is 11.2. The van der Waals surface area contributed by atoms with Gasteiger partial charge < -0.3 is 4.57 Å². The molecule has 0 aliphatic heterocycles. The fourth-order valence-electron chi connectivity index (χ4n) is 2.61. The first-order chi connectivity index (χ1) is 10.2. The summed E-state index contributed by atoms with van der Waals surface area (Å²) in [5, 5.41) is 0.701. The zero-order valence-electron chi connectivity index (χ0n) is 11.8. The first-order valence-corrected chi connectivity index (χ1v) is 7.85. The Bertz CT molecular complexity index is 778. The minimum atomic E-state index is 0.403. The van der Waals surface area contributed by atoms with Crippen LogP contribution in [0.1, 0.15) is 17.0 Å². The summed E-state index contributed by atoms with van der Waals surface area (Å²) in [6.45, 7) is 2.98. The van der Waals surface area contributed by atoms with Gasteiger partial charge >= 0.3 is 0 Å². The highest BCUT2D eigenvalue weighted by molar-refractivity contribution is 6.31. The number of imidazole rings is 1. The summed E-state index contributed by atoms with van der Waals surface area (Å²) in [5.74, 6) is 1.29. The molecule has 3 aromatic rings. The van der Waals surface area contributed by atoms with Gasteiger partial charge in [0.15, 0.2) is 0 Å². The van der Waals surface area contributed by atoms with Crippen molar-refractivity contribution in [2.45, 2.75) is 25.8 Å². The molecular formula is C17H16Cl2N2. The van der Waals surface area contributed by atoms with Crippen LogP contribution in [0.25, 0.3) is 11.0 Å². The van der Waals surface area contributed by atoms with Crippen LogP contribution >= 0.6 is 23.2 Å². The Kier molecular flexibility index (Phi) is 4.18. The summed E-state index contributed by atoms with van der Waals surface area (Å²) in [6, 6.07) is 14.4. The number of benzene rings is 2. The Morgan fingerprint density at radius 3 is 2.76 bits per heavy atom. The molecular weight excluding hydrogens is 303 g/mol. The number of aryl methyl sites for hydroxylation is 3. The van der Waals surface area contributed by atoms with E-state index in [2.05, 4.69) is 40.7 Å². The third-order valence-corrected chi connectivity index (χ3v) is 4.09. The summed E-state index contributed by atoms with van der Waals surface area (Å²) in [4.78, 5) is 4.57. The van der Waals surface area contributed by atoms with Crippen LogP contribution in [0.4, 0.5) is 0 Å². The summed E-state index contributed by atoms with van der Waals surface area (Å²) in [7, 11) is 0. The van der Waals surface area contributed by atoms with E-state index in [1.165, 1.54) is 11.1 Å². The number of hydrogen-bond donors (Lipinski definition) is 0. The second-order valence-electron chi connectivity index (χ2n) is 5.19. The van der Waals surface area contributed by atoms with E-state index in [1.54, 1.807) is 0 Å². The number of rotatable bonds is 4. The average Bonchev–Trinajstić information content (AvgIpc) is 2.82. The van der Waals surface area contributed by atoms with E-state index in [0.29, 0.717) is 10.9 Å². The molecule has 1 heterocycles. The molecule has 2 nitrogen and oxygen atoms in total. The van der Waals surface area contributed by atoms with Crippen LogP contribution in [0.5, 0.6) is 0 Å². The van der Waals surface area contributed by atoms with E-state index >= 15 is 0 Å². The van der Waals surface area contributed by atoms with Crippen molar-refractivity contribution in [3.63, 3.8) is 0 Å². The van der Waals surface area contributed by atoms with Crippen molar-refractivity contribution in [3.8, 4) is 0 Å². The summed E-state index contributed by atoms with van der Waals surface area (Å²) in [6.07, 6.45) is 0.958. The van der Waals surface area contributed by atoms with Gasteiger partial charge in [0.1, 0.15) is 5.82 Å². The molecule has 0 N–H and O–H groups in total. The van der Waals surface area contributed by atoms with Crippen LogP contribution < -0.4 is 0 Å². The number of fused-ring (bicyclic) bond motifs is 1. The van der Waals surface area contributed by atoms with Gasteiger partial charge in [0.05, 0.1) is 16.9 Å². The minimum absolute atomic E-state index is 0.403. The zero-order chi connectivity index (χ0) is 14.8. The first kappa shape index (κ1) is 14.4. The van der Waals surface area contributed by atoms with Crippen molar-refractivity contribution in [1.29, 1.82) is 0 Å². The minimum Gasteiger partial charge on any atom is -0.327 e. The number of halogens is 2. The molecule has 3 rings (SSSR count). The van der Waals surface area contributed by atoms with Gasteiger partial charge in [0.25, 0.3) is 0 Å². The largest absolute Gasteiger partial charge is 0.327 e. The Morgan fingerprint density at radius 1 is 1.14 bits per heavy atom. The molecule has 108 valence electrons. The highest BCUT2D eigenvalue weighted by Crippen LogP contribution is 2.22. The third kappa shape index (κ3) is 3.07. The Morgan fingerprint density at radius 2 is 2.00 bits per heavy atom. The van der Waals surface area contributed by atoms with Crippen LogP contribution in [-0.4, -0.2) is 9.55 Å². The van der Waals surface area contributed by atoms with E-state index in [9.17, 15) is 0 Å². The topological polar surface area (TPSA) is 17.8 Å². The van der Waals surface area contributed by atoms with Gasteiger partial charge in [-0.25, -0.2) is 4.98 Å². The summed E-state index contributed by atoms with van der Waals surface area (Å²) >= 11 is 12.1. The van der Waals surface area contributed by atoms with Crippen molar-refractivity contribution in [1.82, 2.24) is 9.55 Å². The highest BCUT2D eigenvalue weighted by Gasteiger charge is 2.10. The maximum Gasteiger partial charge on any atom is 0.124 e. The molecule has 0 radical (unpaired) electrons. The smallest absolute Gasteiger partial charge is 0.124 e. The van der Waals surface area contributed by atoms with E-state index in [-0.39, 0.29) is 0 Å². The molecule has 0 saturated heterocycles. The Balaban J connectivity index is 1.92. The van der Waals surface area contributed by atoms with Crippen LogP contribution in [0.15, 0.2) is 42.5 Å². The molecule has 0 atom stereocenters. The number of nitrogens with zero attached hydrogens (tertiary/aromatic N) is 2. The SMILES string of the molecule is Cc1cccc(CCn2c(CCl)nc3cc(Cl)ccc32)c1. The molecule has 0 saturated carbocycles. The van der Waals surface area contributed by atoms with Crippen LogP contribution in [-0.2, 0) is 18.8 Å². The second-order valence-corrected chi connectivity index (χ2v) is 5.89. The van der Waals surface area contributed by atoms with E-state index in [1.807, 2.05) is 18.2 Å². The van der Waals surface area contributed by atoms with Crippen molar-refractivity contribution >= 4 is 34.2 Å². The molecule has 0 aliphatic carbocycles. The third-order valence-electron chi connectivity index (χ3n) is 3.62. The number of hydrogen-bond acceptors (Lipinski definition) is 1. The lowest BCUT2D eigenvalue weighted by Gasteiger charge is -2.08. The fourth-order valence-corrected chi connectivity index (χ4v) is 2.98. The number of aromatic nitrogens is 2. The van der Waals surface area contributed by atoms with Gasteiger partial charge in [-0.3, -0.25) is 0 Å². The lowest BCUT2D eigenvalue weighted by molar-refractivity contribution is 0.688. The monoisotopic (exact) mass is 318 g/mol. The van der Waals surface area contributed by atoms with E-state index in [4.69, 9.17) is 23.2 Å². The number of alkyl halides is 1. The van der Waals surface area contributed by atoms with Crippen LogP contribution in [0, 0.1) is 6.92 Å². The van der Waals surface area contributed by atoms with Gasteiger partial charge in [0, 0.05) is 11.6 Å². The molecule has 0 spiro atoms. The molecule has 1 aromatic heterocycles. The molecule has 0 amide bonds. The van der Waals surface area contributed by atoms with Crippen molar-refractivity contribution < 1.29 is 0 Å². The Hall–Kier alpha value is -1.51. The van der Waals surface area contributed by atoms with Crippen molar-refractivity contribution in [2.24, 2.45) is 0 Å².